The molecular formula is C20H31N3O2. The highest BCUT2D eigenvalue weighted by molar-refractivity contribution is 5.79. The topological polar surface area (TPSA) is 71.1 Å². The molecule has 1 aromatic carbocycles. The molecule has 3 N–H and O–H groups in total. The number of aliphatic imine (C=N–C) groups is 1. The fraction of sp³-hybridized carbons (Fsp3) is 0.650. The van der Waals surface area contributed by atoms with Crippen LogP contribution in [-0.2, 0) is 11.3 Å². The van der Waals surface area contributed by atoms with Crippen LogP contribution in [0.15, 0.2) is 35.3 Å². The minimum absolute atomic E-state index is 0.410. The summed E-state index contributed by atoms with van der Waals surface area (Å²) in [7, 11) is 1.79. The predicted molar refractivity (Wildman–Crippen MR) is 100 cm³/mol. The van der Waals surface area contributed by atoms with E-state index in [4.69, 9.17) is 15.5 Å². The Morgan fingerprint density at radius 2 is 1.96 bits per heavy atom. The SMILES string of the molecule is CN1C(N)=NC(COCc2ccccc2)(CC2CCCCC2)CC1O. The van der Waals surface area contributed by atoms with E-state index in [0.29, 0.717) is 31.5 Å². The maximum Gasteiger partial charge on any atom is 0.193 e. The van der Waals surface area contributed by atoms with E-state index in [0.717, 1.165) is 12.0 Å². The lowest BCUT2D eigenvalue weighted by molar-refractivity contribution is -0.0152. The van der Waals surface area contributed by atoms with Gasteiger partial charge in [0.05, 0.1) is 18.8 Å². The number of rotatable bonds is 6. The molecule has 2 unspecified atom stereocenters. The van der Waals surface area contributed by atoms with Gasteiger partial charge < -0.3 is 20.5 Å². The molecule has 3 rings (SSSR count). The van der Waals surface area contributed by atoms with E-state index in [1.807, 2.05) is 18.2 Å². The molecule has 0 radical (unpaired) electrons. The molecule has 1 aromatic rings. The van der Waals surface area contributed by atoms with Gasteiger partial charge in [-0.3, -0.25) is 0 Å². The molecule has 0 saturated heterocycles. The van der Waals surface area contributed by atoms with Gasteiger partial charge in [-0.15, -0.1) is 0 Å². The summed E-state index contributed by atoms with van der Waals surface area (Å²) in [4.78, 5) is 6.45. The van der Waals surface area contributed by atoms with E-state index in [1.165, 1.54) is 32.1 Å². The van der Waals surface area contributed by atoms with Gasteiger partial charge in [0.15, 0.2) is 5.96 Å². The Kier molecular flexibility index (Phi) is 5.97. The number of hydrogen-bond acceptors (Lipinski definition) is 5. The normalized spacial score (nSPS) is 28.0. The highest BCUT2D eigenvalue weighted by atomic mass is 16.5. The summed E-state index contributed by atoms with van der Waals surface area (Å²) < 4.78 is 6.04. The van der Waals surface area contributed by atoms with Gasteiger partial charge in [0, 0.05) is 13.5 Å². The Morgan fingerprint density at radius 3 is 2.64 bits per heavy atom. The highest BCUT2D eigenvalue weighted by Crippen LogP contribution is 2.37. The molecule has 138 valence electrons. The van der Waals surface area contributed by atoms with Crippen molar-refractivity contribution in [3.05, 3.63) is 35.9 Å². The first-order valence-corrected chi connectivity index (χ1v) is 9.46. The van der Waals surface area contributed by atoms with Crippen LogP contribution in [0.25, 0.3) is 0 Å². The van der Waals surface area contributed by atoms with E-state index >= 15 is 0 Å². The zero-order valence-electron chi connectivity index (χ0n) is 15.2. The first kappa shape index (κ1) is 18.2. The molecule has 1 fully saturated rings. The van der Waals surface area contributed by atoms with Gasteiger partial charge in [-0.2, -0.15) is 0 Å². The molecule has 5 nitrogen and oxygen atoms in total. The molecule has 2 aliphatic rings. The van der Waals surface area contributed by atoms with Crippen LogP contribution >= 0.6 is 0 Å². The lowest BCUT2D eigenvalue weighted by Gasteiger charge is -2.42. The monoisotopic (exact) mass is 345 g/mol. The van der Waals surface area contributed by atoms with Crippen molar-refractivity contribution in [2.45, 2.75) is 63.3 Å². The quantitative estimate of drug-likeness (QED) is 0.832. The molecule has 0 spiro atoms. The Bertz CT molecular complexity index is 572. The lowest BCUT2D eigenvalue weighted by Crippen LogP contribution is -2.54. The highest BCUT2D eigenvalue weighted by Gasteiger charge is 2.40. The van der Waals surface area contributed by atoms with Gasteiger partial charge >= 0.3 is 0 Å². The van der Waals surface area contributed by atoms with E-state index in [-0.39, 0.29) is 0 Å². The molecular weight excluding hydrogens is 314 g/mol. The average molecular weight is 345 g/mol. The van der Waals surface area contributed by atoms with Crippen molar-refractivity contribution in [2.24, 2.45) is 16.6 Å². The van der Waals surface area contributed by atoms with E-state index in [1.54, 1.807) is 11.9 Å². The van der Waals surface area contributed by atoms with Crippen molar-refractivity contribution in [2.75, 3.05) is 13.7 Å². The number of guanidine groups is 1. The van der Waals surface area contributed by atoms with Gasteiger partial charge in [0.25, 0.3) is 0 Å². The Hall–Kier alpha value is -1.59. The van der Waals surface area contributed by atoms with Gasteiger partial charge in [0.2, 0.25) is 0 Å². The number of nitrogens with zero attached hydrogens (tertiary/aromatic N) is 2. The number of aliphatic hydroxyl groups is 1. The van der Waals surface area contributed by atoms with Crippen molar-refractivity contribution in [1.82, 2.24) is 4.90 Å². The zero-order valence-corrected chi connectivity index (χ0v) is 15.2. The summed E-state index contributed by atoms with van der Waals surface area (Å²) >= 11 is 0. The third kappa shape index (κ3) is 4.73. The maximum absolute atomic E-state index is 10.4. The second-order valence-electron chi connectivity index (χ2n) is 7.68. The van der Waals surface area contributed by atoms with Crippen molar-refractivity contribution in [3.63, 3.8) is 0 Å². The number of benzene rings is 1. The first-order valence-electron chi connectivity index (χ1n) is 9.46. The van der Waals surface area contributed by atoms with E-state index < -0.39 is 11.8 Å². The summed E-state index contributed by atoms with van der Waals surface area (Å²) in [5, 5.41) is 10.4. The number of aliphatic hydroxyl groups excluding tert-OH is 1. The van der Waals surface area contributed by atoms with Gasteiger partial charge in [-0.05, 0) is 17.9 Å². The van der Waals surface area contributed by atoms with Crippen LogP contribution in [0.4, 0.5) is 0 Å². The van der Waals surface area contributed by atoms with Crippen LogP contribution in [0.1, 0.15) is 50.5 Å². The zero-order chi connectivity index (χ0) is 17.7. The van der Waals surface area contributed by atoms with Gasteiger partial charge in [0.1, 0.15) is 6.23 Å². The minimum Gasteiger partial charge on any atom is -0.374 e. The average Bonchev–Trinajstić information content (AvgIpc) is 2.61. The van der Waals surface area contributed by atoms with Crippen molar-refractivity contribution < 1.29 is 9.84 Å². The Balaban J connectivity index is 1.69. The first-order chi connectivity index (χ1) is 12.1. The van der Waals surface area contributed by atoms with Crippen LogP contribution in [0.3, 0.4) is 0 Å². The summed E-state index contributed by atoms with van der Waals surface area (Å²) in [5.74, 6) is 1.07. The van der Waals surface area contributed by atoms with E-state index in [9.17, 15) is 5.11 Å². The molecule has 25 heavy (non-hydrogen) atoms. The smallest absolute Gasteiger partial charge is 0.193 e. The molecule has 0 bridgehead atoms. The number of nitrogens with two attached hydrogens (primary N) is 1. The van der Waals surface area contributed by atoms with Gasteiger partial charge in [-0.25, -0.2) is 4.99 Å². The maximum atomic E-state index is 10.4. The molecule has 5 heteroatoms. The lowest BCUT2D eigenvalue weighted by atomic mass is 9.77. The standard InChI is InChI=1S/C20H31N3O2/c1-23-18(24)13-20(22-19(23)21,12-16-8-4-2-5-9-16)15-25-14-17-10-6-3-7-11-17/h3,6-7,10-11,16,18,24H,2,4-5,8-9,12-15H2,1H3,(H2,21,22). The minimum atomic E-state index is -0.596. The van der Waals surface area contributed by atoms with Crippen LogP contribution in [0.2, 0.25) is 0 Å². The summed E-state index contributed by atoms with van der Waals surface area (Å²) in [6.07, 6.45) is 7.37. The predicted octanol–water partition coefficient (Wildman–Crippen LogP) is 2.88. The number of hydrogen-bond donors (Lipinski definition) is 2. The summed E-state index contributed by atoms with van der Waals surface area (Å²) in [6.45, 7) is 1.07. The largest absolute Gasteiger partial charge is 0.374 e. The molecule has 1 heterocycles. The molecule has 1 aliphatic carbocycles. The molecule has 0 aromatic heterocycles. The van der Waals surface area contributed by atoms with Crippen molar-refractivity contribution in [3.8, 4) is 0 Å². The van der Waals surface area contributed by atoms with Crippen molar-refractivity contribution in [1.29, 1.82) is 0 Å². The summed E-state index contributed by atoms with van der Waals surface area (Å²) in [6, 6.07) is 10.2. The van der Waals surface area contributed by atoms with Crippen molar-refractivity contribution >= 4 is 5.96 Å². The van der Waals surface area contributed by atoms with Crippen LogP contribution in [-0.4, -0.2) is 41.4 Å². The van der Waals surface area contributed by atoms with Crippen LogP contribution in [0, 0.1) is 5.92 Å². The molecule has 2 atom stereocenters. The van der Waals surface area contributed by atoms with Crippen LogP contribution in [0.5, 0.6) is 0 Å². The summed E-state index contributed by atoms with van der Waals surface area (Å²) in [5.41, 5.74) is 6.84. The molecule has 1 saturated carbocycles. The molecule has 1 aliphatic heterocycles. The second-order valence-corrected chi connectivity index (χ2v) is 7.68. The molecule has 0 amide bonds. The third-order valence-corrected chi connectivity index (χ3v) is 5.60. The van der Waals surface area contributed by atoms with E-state index in [2.05, 4.69) is 12.1 Å². The fourth-order valence-corrected chi connectivity index (χ4v) is 4.14. The van der Waals surface area contributed by atoms with Crippen LogP contribution < -0.4 is 5.73 Å². The Morgan fingerprint density at radius 1 is 1.24 bits per heavy atom. The second kappa shape index (κ2) is 8.19. The third-order valence-electron chi connectivity index (χ3n) is 5.60. The Labute approximate surface area is 150 Å². The fourth-order valence-electron chi connectivity index (χ4n) is 4.14. The number of ether oxygens (including phenoxy) is 1. The van der Waals surface area contributed by atoms with Gasteiger partial charge in [-0.1, -0.05) is 62.4 Å².